The highest BCUT2D eigenvalue weighted by molar-refractivity contribution is 7.92. The van der Waals surface area contributed by atoms with E-state index in [1.54, 1.807) is 29.1 Å². The zero-order valence-electron chi connectivity index (χ0n) is 16.2. The lowest BCUT2D eigenvalue weighted by Crippen LogP contribution is -2.11. The second-order valence-electron chi connectivity index (χ2n) is 6.19. The van der Waals surface area contributed by atoms with Crippen LogP contribution in [-0.2, 0) is 17.1 Å². The molecular formula is C17H20ClN7O3S. The van der Waals surface area contributed by atoms with Gasteiger partial charge in [-0.3, -0.25) is 9.40 Å². The van der Waals surface area contributed by atoms with E-state index >= 15 is 0 Å². The van der Waals surface area contributed by atoms with Gasteiger partial charge in [-0.1, -0.05) is 11.6 Å². The predicted molar refractivity (Wildman–Crippen MR) is 113 cm³/mol. The van der Waals surface area contributed by atoms with Gasteiger partial charge in [0, 0.05) is 13.1 Å². The Morgan fingerprint density at radius 3 is 2.52 bits per heavy atom. The quantitative estimate of drug-likeness (QED) is 0.515. The molecule has 2 aromatic heterocycles. The van der Waals surface area contributed by atoms with Crippen LogP contribution >= 0.6 is 11.6 Å². The van der Waals surface area contributed by atoms with E-state index in [9.17, 15) is 8.42 Å². The minimum atomic E-state index is -3.51. The van der Waals surface area contributed by atoms with Crippen LogP contribution in [0.5, 0.6) is 5.75 Å². The van der Waals surface area contributed by atoms with Crippen molar-refractivity contribution in [2.45, 2.75) is 6.92 Å². The van der Waals surface area contributed by atoms with Gasteiger partial charge < -0.3 is 15.4 Å². The van der Waals surface area contributed by atoms with Crippen molar-refractivity contribution in [2.24, 2.45) is 7.05 Å². The van der Waals surface area contributed by atoms with E-state index < -0.39 is 10.0 Å². The maximum absolute atomic E-state index is 11.7. The van der Waals surface area contributed by atoms with Crippen molar-refractivity contribution in [2.75, 3.05) is 28.7 Å². The van der Waals surface area contributed by atoms with Crippen LogP contribution in [0.25, 0.3) is 0 Å². The number of hydrogen-bond acceptors (Lipinski definition) is 8. The molecule has 0 spiro atoms. The van der Waals surface area contributed by atoms with Crippen LogP contribution in [0.1, 0.15) is 5.69 Å². The van der Waals surface area contributed by atoms with E-state index in [1.807, 2.05) is 14.0 Å². The third kappa shape index (κ3) is 5.06. The highest BCUT2D eigenvalue weighted by atomic mass is 35.5. The summed E-state index contributed by atoms with van der Waals surface area (Å²) in [5, 5.41) is 10.5. The third-order valence-electron chi connectivity index (χ3n) is 4.00. The van der Waals surface area contributed by atoms with Crippen LogP contribution in [0.15, 0.2) is 30.6 Å². The van der Waals surface area contributed by atoms with Crippen molar-refractivity contribution in [1.82, 2.24) is 19.7 Å². The lowest BCUT2D eigenvalue weighted by atomic mass is 10.2. The molecule has 0 saturated carbocycles. The number of ether oxygens (including phenoxy) is 1. The second kappa shape index (κ2) is 8.13. The maximum Gasteiger partial charge on any atom is 0.229 e. The summed E-state index contributed by atoms with van der Waals surface area (Å²) in [4.78, 5) is 8.56. The molecule has 0 amide bonds. The molecule has 3 rings (SSSR count). The molecule has 0 unspecified atom stereocenters. The Kier molecular flexibility index (Phi) is 5.80. The molecule has 154 valence electrons. The fraction of sp³-hybridized carbons (Fsp3) is 0.235. The Hall–Kier alpha value is -3.05. The standard InChI is InChI=1S/C17H20ClN7O3S/c1-10-15(9-20-25(10)2)22-17-19-8-12(18)16(23-17)21-13-6-5-11(28-3)7-14(13)24-29(4,26)27/h5-9,24H,1-4H3,(H2,19,21,22,23). The first kappa shape index (κ1) is 20.7. The lowest BCUT2D eigenvalue weighted by Gasteiger charge is -2.15. The number of aromatic nitrogens is 4. The van der Waals surface area contributed by atoms with Crippen LogP contribution < -0.4 is 20.1 Å². The van der Waals surface area contributed by atoms with Crippen molar-refractivity contribution in [3.63, 3.8) is 0 Å². The fourth-order valence-corrected chi connectivity index (χ4v) is 3.13. The Morgan fingerprint density at radius 1 is 1.14 bits per heavy atom. The number of halogens is 1. The summed E-state index contributed by atoms with van der Waals surface area (Å²) >= 11 is 6.23. The molecule has 10 nitrogen and oxygen atoms in total. The first-order chi connectivity index (χ1) is 13.7. The molecule has 12 heteroatoms. The van der Waals surface area contributed by atoms with Crippen LogP contribution in [0.3, 0.4) is 0 Å². The van der Waals surface area contributed by atoms with Crippen LogP contribution in [-0.4, -0.2) is 41.5 Å². The molecular weight excluding hydrogens is 418 g/mol. The average molecular weight is 438 g/mol. The van der Waals surface area contributed by atoms with E-state index in [0.29, 0.717) is 28.9 Å². The van der Waals surface area contributed by atoms with Gasteiger partial charge in [-0.25, -0.2) is 13.4 Å². The number of benzene rings is 1. The summed E-state index contributed by atoms with van der Waals surface area (Å²) in [6.07, 6.45) is 4.17. The molecule has 3 N–H and O–H groups in total. The number of rotatable bonds is 7. The first-order valence-corrected chi connectivity index (χ1v) is 10.6. The molecule has 3 aromatic rings. The van der Waals surface area contributed by atoms with Crippen molar-refractivity contribution in [3.05, 3.63) is 41.3 Å². The van der Waals surface area contributed by atoms with Gasteiger partial charge in [0.1, 0.15) is 10.8 Å². The minimum Gasteiger partial charge on any atom is -0.497 e. The van der Waals surface area contributed by atoms with Crippen LogP contribution in [0.4, 0.5) is 28.8 Å². The predicted octanol–water partition coefficient (Wildman–Crippen LogP) is 3.04. The second-order valence-corrected chi connectivity index (χ2v) is 8.35. The molecule has 0 aliphatic heterocycles. The molecule has 0 atom stereocenters. The van der Waals surface area contributed by atoms with E-state index in [4.69, 9.17) is 16.3 Å². The average Bonchev–Trinajstić information content (AvgIpc) is 2.96. The topological polar surface area (TPSA) is 123 Å². The van der Waals surface area contributed by atoms with Gasteiger partial charge in [0.25, 0.3) is 0 Å². The van der Waals surface area contributed by atoms with E-state index in [2.05, 4.69) is 30.4 Å². The molecule has 0 radical (unpaired) electrons. The highest BCUT2D eigenvalue weighted by Crippen LogP contribution is 2.32. The smallest absolute Gasteiger partial charge is 0.229 e. The number of sulfonamides is 1. The van der Waals surface area contributed by atoms with Crippen molar-refractivity contribution in [3.8, 4) is 5.75 Å². The number of nitrogens with one attached hydrogen (secondary N) is 3. The molecule has 0 aliphatic rings. The molecule has 29 heavy (non-hydrogen) atoms. The Bertz CT molecular complexity index is 1150. The normalized spacial score (nSPS) is 11.2. The molecule has 1 aromatic carbocycles. The highest BCUT2D eigenvalue weighted by Gasteiger charge is 2.13. The number of nitrogens with zero attached hydrogens (tertiary/aromatic N) is 4. The number of hydrogen-bond donors (Lipinski definition) is 3. The molecule has 2 heterocycles. The van der Waals surface area contributed by atoms with Gasteiger partial charge in [-0.05, 0) is 19.1 Å². The fourth-order valence-electron chi connectivity index (χ4n) is 2.43. The molecule has 0 bridgehead atoms. The van der Waals surface area contributed by atoms with Crippen molar-refractivity contribution < 1.29 is 13.2 Å². The number of anilines is 5. The van der Waals surface area contributed by atoms with Gasteiger partial charge in [0.2, 0.25) is 16.0 Å². The maximum atomic E-state index is 11.7. The summed E-state index contributed by atoms with van der Waals surface area (Å²) in [5.74, 6) is 1.09. The van der Waals surface area contributed by atoms with Gasteiger partial charge in [0.15, 0.2) is 5.82 Å². The lowest BCUT2D eigenvalue weighted by molar-refractivity contribution is 0.415. The van der Waals surface area contributed by atoms with Crippen LogP contribution in [0, 0.1) is 6.92 Å². The van der Waals surface area contributed by atoms with Gasteiger partial charge in [-0.15, -0.1) is 0 Å². The summed E-state index contributed by atoms with van der Waals surface area (Å²) < 4.78 is 32.8. The molecule has 0 saturated heterocycles. The minimum absolute atomic E-state index is 0.264. The van der Waals surface area contributed by atoms with E-state index in [0.717, 1.165) is 17.6 Å². The number of methoxy groups -OCH3 is 1. The number of aryl methyl sites for hydroxylation is 1. The largest absolute Gasteiger partial charge is 0.497 e. The van der Waals surface area contributed by atoms with Gasteiger partial charge in [-0.2, -0.15) is 10.1 Å². The van der Waals surface area contributed by atoms with E-state index in [1.165, 1.54) is 13.3 Å². The summed E-state index contributed by atoms with van der Waals surface area (Å²) in [7, 11) is -0.189. The summed E-state index contributed by atoms with van der Waals surface area (Å²) in [6, 6.07) is 4.89. The SMILES string of the molecule is COc1ccc(Nc2nc(Nc3cnn(C)c3C)ncc2Cl)c(NS(C)(=O)=O)c1. The Balaban J connectivity index is 1.92. The monoisotopic (exact) mass is 437 g/mol. The molecule has 0 fully saturated rings. The van der Waals surface area contributed by atoms with Crippen LogP contribution in [0.2, 0.25) is 5.02 Å². The third-order valence-corrected chi connectivity index (χ3v) is 4.87. The molecule has 0 aliphatic carbocycles. The zero-order chi connectivity index (χ0) is 21.2. The Labute approximate surface area is 173 Å². The summed E-state index contributed by atoms with van der Waals surface area (Å²) in [6.45, 7) is 1.91. The zero-order valence-corrected chi connectivity index (χ0v) is 17.8. The van der Waals surface area contributed by atoms with Gasteiger partial charge >= 0.3 is 0 Å². The first-order valence-electron chi connectivity index (χ1n) is 8.37. The van der Waals surface area contributed by atoms with Gasteiger partial charge in [0.05, 0.1) is 48.5 Å². The van der Waals surface area contributed by atoms with E-state index in [-0.39, 0.29) is 5.02 Å². The Morgan fingerprint density at radius 2 is 1.90 bits per heavy atom. The summed E-state index contributed by atoms with van der Waals surface area (Å²) in [5.41, 5.74) is 2.40. The van der Waals surface area contributed by atoms with Crippen molar-refractivity contribution in [1.29, 1.82) is 0 Å². The van der Waals surface area contributed by atoms with Crippen molar-refractivity contribution >= 4 is 50.5 Å².